The van der Waals surface area contributed by atoms with Crippen LogP contribution in [0, 0.1) is 17.1 Å². The summed E-state index contributed by atoms with van der Waals surface area (Å²) in [4.78, 5) is 22.2. The van der Waals surface area contributed by atoms with Gasteiger partial charge in [0.2, 0.25) is 5.91 Å². The summed E-state index contributed by atoms with van der Waals surface area (Å²) in [6.07, 6.45) is -0.455. The smallest absolute Gasteiger partial charge is 0.340 e. The van der Waals surface area contributed by atoms with E-state index in [4.69, 9.17) is 10.4 Å². The Bertz CT molecular complexity index is 569. The summed E-state index contributed by atoms with van der Waals surface area (Å²) in [7, 11) is 0. The zero-order valence-corrected chi connectivity index (χ0v) is 11.8. The third-order valence-electron chi connectivity index (χ3n) is 1.89. The van der Waals surface area contributed by atoms with Crippen LogP contribution in [0.3, 0.4) is 0 Å². The number of amides is 1. The van der Waals surface area contributed by atoms with Crippen molar-refractivity contribution in [3.63, 3.8) is 0 Å². The number of carbonyl (C=O) groups excluding carboxylic acids is 1. The molecule has 0 fully saturated rings. The van der Waals surface area contributed by atoms with Gasteiger partial charge in [-0.2, -0.15) is 5.26 Å². The van der Waals surface area contributed by atoms with Gasteiger partial charge in [0.05, 0.1) is 16.2 Å². The summed E-state index contributed by atoms with van der Waals surface area (Å²) in [5.41, 5.74) is -0.897. The number of carboxylic acid groups (broad SMARTS) is 1. The van der Waals surface area contributed by atoms with Gasteiger partial charge < -0.3 is 10.4 Å². The average Bonchev–Trinajstić information content (AvgIpc) is 2.25. The van der Waals surface area contributed by atoms with Crippen LogP contribution in [0.1, 0.15) is 16.8 Å². The van der Waals surface area contributed by atoms with E-state index in [0.29, 0.717) is 0 Å². The largest absolute Gasteiger partial charge is 0.478 e. The normalized spacial score (nSPS) is 9.67. The lowest BCUT2D eigenvalue weighted by molar-refractivity contribution is -0.115. The molecule has 0 aromatic heterocycles. The molecule has 0 saturated carbocycles. The van der Waals surface area contributed by atoms with Gasteiger partial charge >= 0.3 is 5.97 Å². The maximum absolute atomic E-state index is 13.7. The van der Waals surface area contributed by atoms with Crippen molar-refractivity contribution in [2.24, 2.45) is 0 Å². The molecule has 0 aliphatic heterocycles. The van der Waals surface area contributed by atoms with Gasteiger partial charge in [-0.1, -0.05) is 0 Å². The number of carboxylic acids is 1. The van der Waals surface area contributed by atoms with E-state index >= 15 is 0 Å². The van der Waals surface area contributed by atoms with Gasteiger partial charge in [-0.25, -0.2) is 9.18 Å². The van der Waals surface area contributed by atoms with Crippen molar-refractivity contribution in [2.75, 3.05) is 5.32 Å². The molecular formula is C10H5Br2FN2O3. The highest BCUT2D eigenvalue weighted by Crippen LogP contribution is 2.34. The summed E-state index contributed by atoms with van der Waals surface area (Å²) in [5, 5.41) is 19.5. The Balaban J connectivity index is 3.34. The monoisotopic (exact) mass is 378 g/mol. The maximum Gasteiger partial charge on any atom is 0.340 e. The molecule has 1 aromatic rings. The van der Waals surface area contributed by atoms with Gasteiger partial charge in [0.15, 0.2) is 5.82 Å². The summed E-state index contributed by atoms with van der Waals surface area (Å²) in [5.74, 6) is -3.25. The third kappa shape index (κ3) is 3.05. The summed E-state index contributed by atoms with van der Waals surface area (Å²) < 4.78 is 13.8. The minimum atomic E-state index is -1.53. The predicted molar refractivity (Wildman–Crippen MR) is 67.6 cm³/mol. The van der Waals surface area contributed by atoms with Crippen LogP contribution >= 0.6 is 31.9 Å². The first-order chi connectivity index (χ1) is 8.38. The molecule has 0 unspecified atom stereocenters. The van der Waals surface area contributed by atoms with Crippen LogP contribution in [0.15, 0.2) is 15.0 Å². The minimum Gasteiger partial charge on any atom is -0.478 e. The zero-order valence-electron chi connectivity index (χ0n) is 8.63. The molecule has 0 atom stereocenters. The molecule has 5 nitrogen and oxygen atoms in total. The fraction of sp³-hybridized carbons (Fsp3) is 0.100. The zero-order chi connectivity index (χ0) is 13.9. The lowest BCUT2D eigenvalue weighted by atomic mass is 10.1. The number of carbonyl (C=O) groups is 2. The number of hydrogen-bond acceptors (Lipinski definition) is 3. The molecule has 0 saturated heterocycles. The lowest BCUT2D eigenvalue weighted by Crippen LogP contribution is -2.15. The highest BCUT2D eigenvalue weighted by Gasteiger charge is 2.23. The second kappa shape index (κ2) is 5.93. The lowest BCUT2D eigenvalue weighted by Gasteiger charge is -2.11. The Morgan fingerprint density at radius 1 is 1.44 bits per heavy atom. The molecular weight excluding hydrogens is 375 g/mol. The van der Waals surface area contributed by atoms with Crippen LogP contribution in [0.25, 0.3) is 0 Å². The number of aromatic carboxylic acids is 1. The molecule has 94 valence electrons. The van der Waals surface area contributed by atoms with Crippen LogP contribution in [0.5, 0.6) is 0 Å². The van der Waals surface area contributed by atoms with Gasteiger partial charge in [0, 0.05) is 4.47 Å². The number of anilines is 1. The number of rotatable bonds is 3. The van der Waals surface area contributed by atoms with Gasteiger partial charge in [-0.05, 0) is 37.9 Å². The number of nitriles is 1. The summed E-state index contributed by atoms with van der Waals surface area (Å²) >= 11 is 5.89. The molecule has 18 heavy (non-hydrogen) atoms. The van der Waals surface area contributed by atoms with Crippen molar-refractivity contribution in [3.05, 3.63) is 26.4 Å². The molecule has 0 aliphatic rings. The third-order valence-corrected chi connectivity index (χ3v) is 3.09. The number of hydrogen-bond donors (Lipinski definition) is 2. The van der Waals surface area contributed by atoms with E-state index in [-0.39, 0.29) is 14.6 Å². The Hall–Kier alpha value is -1.46. The molecule has 0 bridgehead atoms. The first kappa shape index (κ1) is 14.6. The molecule has 2 N–H and O–H groups in total. The van der Waals surface area contributed by atoms with Crippen molar-refractivity contribution in [2.45, 2.75) is 6.42 Å². The van der Waals surface area contributed by atoms with Crippen molar-refractivity contribution >= 4 is 49.4 Å². The predicted octanol–water partition coefficient (Wildman–Crippen LogP) is 2.90. The second-order valence-corrected chi connectivity index (χ2v) is 4.80. The van der Waals surface area contributed by atoms with Crippen LogP contribution in [0.2, 0.25) is 0 Å². The highest BCUT2D eigenvalue weighted by molar-refractivity contribution is 9.11. The highest BCUT2D eigenvalue weighted by atomic mass is 79.9. The fourth-order valence-corrected chi connectivity index (χ4v) is 2.43. The Morgan fingerprint density at radius 2 is 2.06 bits per heavy atom. The second-order valence-electron chi connectivity index (χ2n) is 3.09. The first-order valence-electron chi connectivity index (χ1n) is 4.46. The van der Waals surface area contributed by atoms with Crippen LogP contribution in [-0.4, -0.2) is 17.0 Å². The van der Waals surface area contributed by atoms with E-state index < -0.39 is 29.7 Å². The number of nitrogens with zero attached hydrogens (tertiary/aromatic N) is 1. The molecule has 8 heteroatoms. The van der Waals surface area contributed by atoms with E-state index in [0.717, 1.165) is 0 Å². The van der Waals surface area contributed by atoms with E-state index in [1.807, 2.05) is 0 Å². The van der Waals surface area contributed by atoms with Crippen LogP contribution in [-0.2, 0) is 4.79 Å². The Morgan fingerprint density at radius 3 is 2.56 bits per heavy atom. The summed E-state index contributed by atoms with van der Waals surface area (Å²) in [6.45, 7) is 0. The average molecular weight is 380 g/mol. The van der Waals surface area contributed by atoms with Crippen LogP contribution in [0.4, 0.5) is 10.1 Å². The number of benzene rings is 1. The standard InChI is InChI=1S/C10H5Br2FN2O3/c11-4-3-5(12)9(15-6(16)1-2-14)7(8(4)13)10(17)18/h3H,1H2,(H,15,16)(H,17,18). The van der Waals surface area contributed by atoms with Gasteiger partial charge in [-0.15, -0.1) is 0 Å². The van der Waals surface area contributed by atoms with E-state index in [1.54, 1.807) is 6.07 Å². The van der Waals surface area contributed by atoms with Gasteiger partial charge in [0.25, 0.3) is 0 Å². The molecule has 1 rings (SSSR count). The fourth-order valence-electron chi connectivity index (χ4n) is 1.17. The van der Waals surface area contributed by atoms with Crippen LogP contribution < -0.4 is 5.32 Å². The van der Waals surface area contributed by atoms with Crippen molar-refractivity contribution < 1.29 is 19.1 Å². The topological polar surface area (TPSA) is 90.2 Å². The van der Waals surface area contributed by atoms with Crippen molar-refractivity contribution in [3.8, 4) is 6.07 Å². The van der Waals surface area contributed by atoms with Crippen molar-refractivity contribution in [1.82, 2.24) is 0 Å². The molecule has 0 radical (unpaired) electrons. The molecule has 1 amide bonds. The van der Waals surface area contributed by atoms with Crippen molar-refractivity contribution in [1.29, 1.82) is 5.26 Å². The molecule has 0 aliphatic carbocycles. The quantitative estimate of drug-likeness (QED) is 0.790. The first-order valence-corrected chi connectivity index (χ1v) is 6.04. The Labute approximate surface area is 118 Å². The Kier molecular flexibility index (Phi) is 4.81. The SMILES string of the molecule is N#CCC(=O)Nc1c(Br)cc(Br)c(F)c1C(=O)O. The number of halogens is 3. The molecule has 0 heterocycles. The van der Waals surface area contributed by atoms with E-state index in [9.17, 15) is 14.0 Å². The molecule has 1 aromatic carbocycles. The maximum atomic E-state index is 13.7. The van der Waals surface area contributed by atoms with E-state index in [2.05, 4.69) is 37.2 Å². The summed E-state index contributed by atoms with van der Waals surface area (Å²) in [6, 6.07) is 2.87. The van der Waals surface area contributed by atoms with Gasteiger partial charge in [-0.3, -0.25) is 4.79 Å². The molecule has 0 spiro atoms. The van der Waals surface area contributed by atoms with Gasteiger partial charge in [0.1, 0.15) is 12.0 Å². The van der Waals surface area contributed by atoms with E-state index in [1.165, 1.54) is 6.07 Å². The minimum absolute atomic E-state index is 0.0509. The number of nitrogens with one attached hydrogen (secondary N) is 1.